The molecule has 1 saturated heterocycles. The van der Waals surface area contributed by atoms with Crippen molar-refractivity contribution in [2.24, 2.45) is 7.05 Å². The minimum Gasteiger partial charge on any atom is -0.336 e. The summed E-state index contributed by atoms with van der Waals surface area (Å²) >= 11 is 0. The van der Waals surface area contributed by atoms with Crippen molar-refractivity contribution in [2.75, 3.05) is 19.6 Å². The molecule has 1 amide bonds. The van der Waals surface area contributed by atoms with Crippen LogP contribution in [0.25, 0.3) is 0 Å². The second-order valence-electron chi connectivity index (χ2n) is 4.94. The van der Waals surface area contributed by atoms with Gasteiger partial charge >= 0.3 is 0 Å². The SMILES string of the molecule is CCN(C(=O)c1ccn(C)c(=O)c1)C1CCNCC1. The van der Waals surface area contributed by atoms with E-state index in [0.29, 0.717) is 12.1 Å². The number of aryl methyl sites for hydroxylation is 1. The van der Waals surface area contributed by atoms with Crippen molar-refractivity contribution in [2.45, 2.75) is 25.8 Å². The zero-order valence-electron chi connectivity index (χ0n) is 11.6. The minimum absolute atomic E-state index is 0.0351. The van der Waals surface area contributed by atoms with Gasteiger partial charge in [-0.2, -0.15) is 0 Å². The molecule has 0 radical (unpaired) electrons. The number of pyridine rings is 1. The number of carbonyl (C=O) groups is 1. The Labute approximate surface area is 113 Å². The summed E-state index contributed by atoms with van der Waals surface area (Å²) in [5.41, 5.74) is 0.343. The van der Waals surface area contributed by atoms with Gasteiger partial charge in [-0.05, 0) is 38.9 Å². The van der Waals surface area contributed by atoms with Crippen LogP contribution in [0.5, 0.6) is 0 Å². The highest BCUT2D eigenvalue weighted by Gasteiger charge is 2.24. The predicted molar refractivity (Wildman–Crippen MR) is 74.3 cm³/mol. The molecular formula is C14H21N3O2. The molecule has 1 aromatic heterocycles. The van der Waals surface area contributed by atoms with Crippen molar-refractivity contribution in [3.63, 3.8) is 0 Å². The summed E-state index contributed by atoms with van der Waals surface area (Å²) in [6.45, 7) is 4.57. The zero-order chi connectivity index (χ0) is 13.8. The molecule has 1 N–H and O–H groups in total. The standard InChI is InChI=1S/C14H21N3O2/c1-3-17(12-4-7-15-8-5-12)14(19)11-6-9-16(2)13(18)10-11/h6,9-10,12,15H,3-5,7-8H2,1-2H3. The summed E-state index contributed by atoms with van der Waals surface area (Å²) in [6, 6.07) is 3.42. The number of carbonyl (C=O) groups excluding carboxylic acids is 1. The average Bonchev–Trinajstić information content (AvgIpc) is 2.44. The van der Waals surface area contributed by atoms with Gasteiger partial charge in [-0.3, -0.25) is 9.59 Å². The van der Waals surface area contributed by atoms with Crippen LogP contribution in [0, 0.1) is 0 Å². The van der Waals surface area contributed by atoms with Crippen LogP contribution in [0.4, 0.5) is 0 Å². The van der Waals surface area contributed by atoms with E-state index < -0.39 is 0 Å². The molecule has 0 aromatic carbocycles. The van der Waals surface area contributed by atoms with Gasteiger partial charge in [0, 0.05) is 37.5 Å². The van der Waals surface area contributed by atoms with Gasteiger partial charge in [-0.1, -0.05) is 0 Å². The van der Waals surface area contributed by atoms with Gasteiger partial charge in [-0.15, -0.1) is 0 Å². The maximum atomic E-state index is 12.5. The summed E-state index contributed by atoms with van der Waals surface area (Å²) in [5, 5.41) is 3.30. The Morgan fingerprint density at radius 2 is 2.16 bits per heavy atom. The molecule has 1 aromatic rings. The van der Waals surface area contributed by atoms with E-state index in [4.69, 9.17) is 0 Å². The van der Waals surface area contributed by atoms with Gasteiger partial charge in [0.2, 0.25) is 0 Å². The Kier molecular flexibility index (Phi) is 4.37. The number of nitrogens with one attached hydrogen (secondary N) is 1. The predicted octanol–water partition coefficient (Wildman–Crippen LogP) is 0.599. The molecule has 0 unspecified atom stereocenters. The lowest BCUT2D eigenvalue weighted by atomic mass is 10.0. The lowest BCUT2D eigenvalue weighted by molar-refractivity contribution is 0.0656. The molecule has 0 aliphatic carbocycles. The van der Waals surface area contributed by atoms with Crippen LogP contribution >= 0.6 is 0 Å². The number of amides is 1. The first-order chi connectivity index (χ1) is 9.13. The third-order valence-corrected chi connectivity index (χ3v) is 3.70. The normalized spacial score (nSPS) is 16.3. The third kappa shape index (κ3) is 3.04. The third-order valence-electron chi connectivity index (χ3n) is 3.70. The van der Waals surface area contributed by atoms with E-state index in [0.717, 1.165) is 25.9 Å². The average molecular weight is 263 g/mol. The van der Waals surface area contributed by atoms with Crippen LogP contribution in [0.3, 0.4) is 0 Å². The molecule has 0 atom stereocenters. The van der Waals surface area contributed by atoms with Crippen LogP contribution in [0.2, 0.25) is 0 Å². The Morgan fingerprint density at radius 3 is 2.74 bits per heavy atom. The largest absolute Gasteiger partial charge is 0.336 e. The lowest BCUT2D eigenvalue weighted by Crippen LogP contribution is -2.46. The van der Waals surface area contributed by atoms with Gasteiger partial charge in [0.25, 0.3) is 11.5 Å². The molecule has 0 saturated carbocycles. The summed E-state index contributed by atoms with van der Waals surface area (Å²) < 4.78 is 1.47. The first kappa shape index (κ1) is 13.8. The molecule has 2 heterocycles. The first-order valence-corrected chi connectivity index (χ1v) is 6.82. The molecule has 1 aliphatic rings. The van der Waals surface area contributed by atoms with E-state index >= 15 is 0 Å². The topological polar surface area (TPSA) is 54.3 Å². The highest BCUT2D eigenvalue weighted by molar-refractivity contribution is 5.94. The second-order valence-corrected chi connectivity index (χ2v) is 4.94. The van der Waals surface area contributed by atoms with E-state index in [-0.39, 0.29) is 17.5 Å². The number of hydrogen-bond acceptors (Lipinski definition) is 3. The van der Waals surface area contributed by atoms with Crippen molar-refractivity contribution in [1.29, 1.82) is 0 Å². The van der Waals surface area contributed by atoms with Gasteiger partial charge in [0.15, 0.2) is 0 Å². The Hall–Kier alpha value is -1.62. The molecular weight excluding hydrogens is 242 g/mol. The number of aromatic nitrogens is 1. The van der Waals surface area contributed by atoms with E-state index in [2.05, 4.69) is 5.32 Å². The van der Waals surface area contributed by atoms with Crippen LogP contribution in [0.15, 0.2) is 23.1 Å². The fraction of sp³-hybridized carbons (Fsp3) is 0.571. The number of piperidine rings is 1. The first-order valence-electron chi connectivity index (χ1n) is 6.82. The van der Waals surface area contributed by atoms with Crippen LogP contribution in [-0.2, 0) is 7.05 Å². The molecule has 1 aliphatic heterocycles. The summed E-state index contributed by atoms with van der Waals surface area (Å²) in [7, 11) is 1.68. The fourth-order valence-corrected chi connectivity index (χ4v) is 2.53. The van der Waals surface area contributed by atoms with Crippen molar-refractivity contribution < 1.29 is 4.79 Å². The fourth-order valence-electron chi connectivity index (χ4n) is 2.53. The van der Waals surface area contributed by atoms with E-state index in [1.165, 1.54) is 10.6 Å². The Bertz CT molecular complexity index is 504. The number of rotatable bonds is 3. The molecule has 1 fully saturated rings. The maximum Gasteiger partial charge on any atom is 0.254 e. The second kappa shape index (κ2) is 6.02. The van der Waals surface area contributed by atoms with E-state index in [1.54, 1.807) is 19.3 Å². The van der Waals surface area contributed by atoms with Crippen molar-refractivity contribution in [3.05, 3.63) is 34.2 Å². The molecule has 5 heteroatoms. The van der Waals surface area contributed by atoms with Crippen molar-refractivity contribution in [1.82, 2.24) is 14.8 Å². The van der Waals surface area contributed by atoms with Gasteiger partial charge in [-0.25, -0.2) is 0 Å². The molecule has 0 bridgehead atoms. The summed E-state index contributed by atoms with van der Waals surface area (Å²) in [6.07, 6.45) is 3.60. The Morgan fingerprint density at radius 1 is 1.47 bits per heavy atom. The number of hydrogen-bond donors (Lipinski definition) is 1. The van der Waals surface area contributed by atoms with Crippen LogP contribution in [-0.4, -0.2) is 41.1 Å². The summed E-state index contributed by atoms with van der Waals surface area (Å²) in [4.78, 5) is 26.0. The van der Waals surface area contributed by atoms with Crippen LogP contribution in [0.1, 0.15) is 30.1 Å². The summed E-state index contributed by atoms with van der Waals surface area (Å²) in [5.74, 6) is -0.0351. The maximum absolute atomic E-state index is 12.5. The Balaban J connectivity index is 2.19. The minimum atomic E-state index is -0.146. The smallest absolute Gasteiger partial charge is 0.254 e. The van der Waals surface area contributed by atoms with E-state index in [1.807, 2.05) is 11.8 Å². The number of nitrogens with zero attached hydrogens (tertiary/aromatic N) is 2. The van der Waals surface area contributed by atoms with E-state index in [9.17, 15) is 9.59 Å². The quantitative estimate of drug-likeness (QED) is 0.869. The highest BCUT2D eigenvalue weighted by atomic mass is 16.2. The van der Waals surface area contributed by atoms with Gasteiger partial charge in [0.1, 0.15) is 0 Å². The molecule has 19 heavy (non-hydrogen) atoms. The highest BCUT2D eigenvalue weighted by Crippen LogP contribution is 2.14. The zero-order valence-corrected chi connectivity index (χ0v) is 11.6. The van der Waals surface area contributed by atoms with Crippen molar-refractivity contribution in [3.8, 4) is 0 Å². The van der Waals surface area contributed by atoms with Gasteiger partial charge in [0.05, 0.1) is 0 Å². The lowest BCUT2D eigenvalue weighted by Gasteiger charge is -2.34. The molecule has 5 nitrogen and oxygen atoms in total. The molecule has 0 spiro atoms. The molecule has 104 valence electrons. The monoisotopic (exact) mass is 263 g/mol. The van der Waals surface area contributed by atoms with Crippen LogP contribution < -0.4 is 10.9 Å². The van der Waals surface area contributed by atoms with Gasteiger partial charge < -0.3 is 14.8 Å². The van der Waals surface area contributed by atoms with Crippen molar-refractivity contribution >= 4 is 5.91 Å². The molecule has 2 rings (SSSR count).